The predicted molar refractivity (Wildman–Crippen MR) is 94.9 cm³/mol. The summed E-state index contributed by atoms with van der Waals surface area (Å²) in [5.74, 6) is 1.33. The van der Waals surface area contributed by atoms with E-state index in [1.165, 1.54) is 12.1 Å². The molecule has 1 aliphatic rings. The third-order valence-corrected chi connectivity index (χ3v) is 4.46. The number of hydrogen-bond acceptors (Lipinski definition) is 4. The number of carbonyl (C=O) groups excluding carboxylic acids is 1. The van der Waals surface area contributed by atoms with Crippen LogP contribution in [0.5, 0.6) is 5.75 Å². The molecule has 1 atom stereocenters. The first kappa shape index (κ1) is 20.1. The lowest BCUT2D eigenvalue weighted by Gasteiger charge is -2.33. The Hall–Kier alpha value is -0.980. The van der Waals surface area contributed by atoms with Gasteiger partial charge in [0.05, 0.1) is 6.04 Å². The number of carbonyl (C=O) groups is 1. The lowest BCUT2D eigenvalue weighted by Crippen LogP contribution is -2.48. The van der Waals surface area contributed by atoms with Crippen LogP contribution in [0.15, 0.2) is 24.3 Å². The molecule has 1 saturated heterocycles. The van der Waals surface area contributed by atoms with Gasteiger partial charge in [0.25, 0.3) is 0 Å². The van der Waals surface area contributed by atoms with E-state index in [4.69, 9.17) is 10.5 Å². The molecule has 1 heterocycles. The molecule has 0 spiro atoms. The first-order valence-corrected chi connectivity index (χ1v) is 8.95. The van der Waals surface area contributed by atoms with Gasteiger partial charge in [0.2, 0.25) is 5.91 Å². The van der Waals surface area contributed by atoms with Gasteiger partial charge in [-0.3, -0.25) is 4.79 Å². The number of nitrogens with two attached hydrogens (primary N) is 1. The summed E-state index contributed by atoms with van der Waals surface area (Å²) in [6.45, 7) is 1.33. The highest BCUT2D eigenvalue weighted by atomic mass is 35.5. The molecule has 1 aromatic rings. The number of rotatable bonds is 6. The summed E-state index contributed by atoms with van der Waals surface area (Å²) in [6, 6.07) is 5.63. The fraction of sp³-hybridized carbons (Fsp3) is 0.562. The Morgan fingerprint density at radius 2 is 2.00 bits per heavy atom. The van der Waals surface area contributed by atoms with Crippen molar-refractivity contribution in [1.29, 1.82) is 0 Å². The van der Waals surface area contributed by atoms with Gasteiger partial charge in [-0.05, 0) is 42.7 Å². The van der Waals surface area contributed by atoms with E-state index >= 15 is 0 Å². The maximum Gasteiger partial charge on any atom is 0.239 e. The van der Waals surface area contributed by atoms with Gasteiger partial charge in [0, 0.05) is 25.9 Å². The second-order valence-electron chi connectivity index (χ2n) is 5.48. The number of benzene rings is 1. The zero-order chi connectivity index (χ0) is 15.9. The average molecular weight is 363 g/mol. The van der Waals surface area contributed by atoms with E-state index < -0.39 is 6.04 Å². The normalized spacial score (nSPS) is 16.6. The average Bonchev–Trinajstić information content (AvgIpc) is 2.55. The Morgan fingerprint density at radius 3 is 2.57 bits per heavy atom. The summed E-state index contributed by atoms with van der Waals surface area (Å²) in [4.78, 5) is 14.0. The second kappa shape index (κ2) is 10.0. The Morgan fingerprint density at radius 1 is 1.39 bits per heavy atom. The quantitative estimate of drug-likeness (QED) is 0.845. The third kappa shape index (κ3) is 6.20. The maximum atomic E-state index is 12.9. The number of nitrogens with zero attached hydrogens (tertiary/aromatic N) is 1. The van der Waals surface area contributed by atoms with Crippen molar-refractivity contribution in [3.63, 3.8) is 0 Å². The number of likely N-dealkylation sites (tertiary alicyclic amines) is 1. The number of halogens is 2. The Labute approximate surface area is 147 Å². The van der Waals surface area contributed by atoms with Crippen molar-refractivity contribution in [1.82, 2.24) is 4.90 Å². The molecule has 23 heavy (non-hydrogen) atoms. The minimum Gasteiger partial charge on any atom is -0.490 e. The van der Waals surface area contributed by atoms with Crippen LogP contribution in [0, 0.1) is 5.82 Å². The van der Waals surface area contributed by atoms with Gasteiger partial charge in [0.15, 0.2) is 0 Å². The van der Waals surface area contributed by atoms with Crippen LogP contribution in [0.3, 0.4) is 0 Å². The zero-order valence-electron chi connectivity index (χ0n) is 13.2. The van der Waals surface area contributed by atoms with Crippen molar-refractivity contribution in [3.05, 3.63) is 30.1 Å². The Bertz CT molecular complexity index is 481. The second-order valence-corrected chi connectivity index (χ2v) is 6.47. The number of ether oxygens (including phenoxy) is 1. The van der Waals surface area contributed by atoms with Crippen molar-refractivity contribution in [2.75, 3.05) is 25.1 Å². The molecule has 0 aliphatic carbocycles. The minimum atomic E-state index is -0.401. The first-order valence-electron chi connectivity index (χ1n) is 7.55. The zero-order valence-corrected chi connectivity index (χ0v) is 14.9. The molecule has 1 fully saturated rings. The Balaban J connectivity index is 0.00000264. The molecule has 1 amide bonds. The summed E-state index contributed by atoms with van der Waals surface area (Å²) in [6.07, 6.45) is 4.34. The van der Waals surface area contributed by atoms with E-state index in [9.17, 15) is 9.18 Å². The van der Waals surface area contributed by atoms with Gasteiger partial charge in [-0.2, -0.15) is 11.8 Å². The summed E-state index contributed by atoms with van der Waals surface area (Å²) in [7, 11) is 0. The molecule has 2 N–H and O–H groups in total. The highest BCUT2D eigenvalue weighted by Gasteiger charge is 2.26. The molecule has 1 aliphatic heterocycles. The van der Waals surface area contributed by atoms with Crippen LogP contribution in [0.4, 0.5) is 4.39 Å². The summed E-state index contributed by atoms with van der Waals surface area (Å²) in [5.41, 5.74) is 5.94. The first-order chi connectivity index (χ1) is 10.6. The summed E-state index contributed by atoms with van der Waals surface area (Å²) in [5, 5.41) is 0. The SMILES string of the molecule is CSCC[C@H](N)C(=O)N1CCC(Oc2ccc(F)cc2)CC1.Cl. The van der Waals surface area contributed by atoms with Gasteiger partial charge in [0.1, 0.15) is 17.7 Å². The minimum absolute atomic E-state index is 0. The van der Waals surface area contributed by atoms with Crippen molar-refractivity contribution in [2.24, 2.45) is 5.73 Å². The van der Waals surface area contributed by atoms with Crippen LogP contribution in [0.25, 0.3) is 0 Å². The molecular formula is C16H24ClFN2O2S. The lowest BCUT2D eigenvalue weighted by molar-refractivity contribution is -0.134. The fourth-order valence-corrected chi connectivity index (χ4v) is 2.99. The Kier molecular flexibility index (Phi) is 8.73. The van der Waals surface area contributed by atoms with E-state index in [-0.39, 0.29) is 30.2 Å². The maximum absolute atomic E-state index is 12.9. The van der Waals surface area contributed by atoms with Crippen LogP contribution >= 0.6 is 24.2 Å². The molecule has 0 unspecified atom stereocenters. The van der Waals surface area contributed by atoms with E-state index in [0.717, 1.165) is 18.6 Å². The van der Waals surface area contributed by atoms with Gasteiger partial charge >= 0.3 is 0 Å². The number of hydrogen-bond donors (Lipinski definition) is 1. The molecular weight excluding hydrogens is 339 g/mol. The van der Waals surface area contributed by atoms with E-state index in [1.54, 1.807) is 23.9 Å². The smallest absolute Gasteiger partial charge is 0.239 e. The number of thioether (sulfide) groups is 1. The van der Waals surface area contributed by atoms with Crippen molar-refractivity contribution in [2.45, 2.75) is 31.4 Å². The molecule has 130 valence electrons. The van der Waals surface area contributed by atoms with Crippen LogP contribution in [-0.4, -0.2) is 48.1 Å². The molecule has 0 bridgehead atoms. The van der Waals surface area contributed by atoms with Gasteiger partial charge in [-0.15, -0.1) is 12.4 Å². The van der Waals surface area contributed by atoms with Crippen LogP contribution < -0.4 is 10.5 Å². The van der Waals surface area contributed by atoms with Crippen molar-refractivity contribution < 1.29 is 13.9 Å². The largest absolute Gasteiger partial charge is 0.490 e. The molecule has 7 heteroatoms. The van der Waals surface area contributed by atoms with Gasteiger partial charge in [-0.1, -0.05) is 0 Å². The topological polar surface area (TPSA) is 55.6 Å². The molecule has 0 saturated carbocycles. The van der Waals surface area contributed by atoms with E-state index in [2.05, 4.69) is 0 Å². The van der Waals surface area contributed by atoms with Crippen molar-refractivity contribution in [3.8, 4) is 5.75 Å². The molecule has 0 aromatic heterocycles. The fourth-order valence-electron chi connectivity index (χ4n) is 2.50. The number of amides is 1. The van der Waals surface area contributed by atoms with E-state index in [0.29, 0.717) is 25.3 Å². The monoisotopic (exact) mass is 362 g/mol. The molecule has 0 radical (unpaired) electrons. The molecule has 4 nitrogen and oxygen atoms in total. The van der Waals surface area contributed by atoms with Crippen LogP contribution in [-0.2, 0) is 4.79 Å². The highest BCUT2D eigenvalue weighted by Crippen LogP contribution is 2.20. The molecule has 2 rings (SSSR count). The third-order valence-electron chi connectivity index (χ3n) is 3.82. The van der Waals surface area contributed by atoms with E-state index in [1.807, 2.05) is 11.2 Å². The van der Waals surface area contributed by atoms with Crippen LogP contribution in [0.2, 0.25) is 0 Å². The highest BCUT2D eigenvalue weighted by molar-refractivity contribution is 7.98. The standard InChI is InChI=1S/C16H23FN2O2S.ClH/c1-22-11-8-15(18)16(20)19-9-6-14(7-10-19)21-13-4-2-12(17)3-5-13;/h2-5,14-15H,6-11,18H2,1H3;1H/t15-;/m0./s1. The summed E-state index contributed by atoms with van der Waals surface area (Å²) < 4.78 is 18.7. The van der Waals surface area contributed by atoms with Crippen LogP contribution in [0.1, 0.15) is 19.3 Å². The summed E-state index contributed by atoms with van der Waals surface area (Å²) >= 11 is 1.70. The molecule has 1 aromatic carbocycles. The predicted octanol–water partition coefficient (Wildman–Crippen LogP) is 2.70. The van der Waals surface area contributed by atoms with Gasteiger partial charge < -0.3 is 15.4 Å². The van der Waals surface area contributed by atoms with Gasteiger partial charge in [-0.25, -0.2) is 4.39 Å². The number of piperidine rings is 1. The lowest BCUT2D eigenvalue weighted by atomic mass is 10.1. The van der Waals surface area contributed by atoms with Crippen molar-refractivity contribution >= 4 is 30.1 Å².